The molecule has 0 atom stereocenters. The van der Waals surface area contributed by atoms with Crippen molar-refractivity contribution in [3.05, 3.63) is 53.4 Å². The Morgan fingerprint density at radius 2 is 1.94 bits per heavy atom. The number of ether oxygens (including phenoxy) is 1. The van der Waals surface area contributed by atoms with Gasteiger partial charge in [-0.2, -0.15) is 0 Å². The van der Waals surface area contributed by atoms with Gasteiger partial charge in [-0.3, -0.25) is 4.90 Å². The molecule has 0 radical (unpaired) electrons. The van der Waals surface area contributed by atoms with Crippen molar-refractivity contribution >= 4 is 28.8 Å². The number of benzene rings is 1. The van der Waals surface area contributed by atoms with E-state index in [-0.39, 0.29) is 5.56 Å². The molecule has 1 aromatic carbocycles. The molecule has 8 nitrogen and oxygen atoms in total. The van der Waals surface area contributed by atoms with Crippen LogP contribution < -0.4 is 15.8 Å². The van der Waals surface area contributed by atoms with E-state index >= 15 is 0 Å². The van der Waals surface area contributed by atoms with Crippen molar-refractivity contribution in [1.29, 1.82) is 0 Å². The molecular formula is C22H25ClFN7O. The van der Waals surface area contributed by atoms with Crippen molar-refractivity contribution in [2.75, 3.05) is 57.4 Å². The summed E-state index contributed by atoms with van der Waals surface area (Å²) in [5.41, 5.74) is 7.63. The zero-order valence-electron chi connectivity index (χ0n) is 17.8. The lowest BCUT2D eigenvalue weighted by Crippen LogP contribution is -2.45. The van der Waals surface area contributed by atoms with E-state index in [1.54, 1.807) is 24.4 Å². The van der Waals surface area contributed by atoms with E-state index in [1.165, 1.54) is 18.2 Å². The number of rotatable bonds is 7. The van der Waals surface area contributed by atoms with Gasteiger partial charge in [-0.05, 0) is 37.4 Å². The monoisotopic (exact) mass is 457 g/mol. The lowest BCUT2D eigenvalue weighted by atomic mass is 10.1. The molecule has 0 bridgehead atoms. The maximum atomic E-state index is 14.4. The number of aromatic nitrogens is 3. The smallest absolute Gasteiger partial charge is 0.257 e. The molecule has 3 aromatic rings. The Labute approximate surface area is 191 Å². The number of pyridine rings is 1. The number of anilines is 3. The van der Waals surface area contributed by atoms with Gasteiger partial charge in [0, 0.05) is 61.3 Å². The predicted molar refractivity (Wildman–Crippen MR) is 124 cm³/mol. The van der Waals surface area contributed by atoms with Gasteiger partial charge in [-0.1, -0.05) is 11.6 Å². The van der Waals surface area contributed by atoms with E-state index in [0.717, 1.165) is 32.7 Å². The van der Waals surface area contributed by atoms with E-state index in [9.17, 15) is 4.39 Å². The van der Waals surface area contributed by atoms with E-state index < -0.39 is 5.82 Å². The van der Waals surface area contributed by atoms with E-state index in [2.05, 4.69) is 37.3 Å². The zero-order chi connectivity index (χ0) is 22.5. The van der Waals surface area contributed by atoms with Crippen LogP contribution in [0.2, 0.25) is 5.02 Å². The third-order valence-corrected chi connectivity index (χ3v) is 5.50. The summed E-state index contributed by atoms with van der Waals surface area (Å²) in [4.78, 5) is 8.65. The third-order valence-electron chi connectivity index (χ3n) is 5.27. The van der Waals surface area contributed by atoms with Gasteiger partial charge in [-0.25, -0.2) is 9.37 Å². The molecule has 0 spiro atoms. The minimum atomic E-state index is -0.438. The first-order valence-electron chi connectivity index (χ1n) is 10.3. The van der Waals surface area contributed by atoms with Crippen LogP contribution in [0.5, 0.6) is 5.88 Å². The van der Waals surface area contributed by atoms with Crippen LogP contribution in [0, 0.1) is 5.82 Å². The SMILES string of the molecule is CN1CCN(CCOc2nnc(-c3cc(Cl)ccc3F)cc2Nc2ccnc(N)c2)CC1. The van der Waals surface area contributed by atoms with Crippen molar-refractivity contribution < 1.29 is 9.13 Å². The molecule has 0 aliphatic carbocycles. The number of halogens is 2. The van der Waals surface area contributed by atoms with Gasteiger partial charge in [-0.15, -0.1) is 10.2 Å². The van der Waals surface area contributed by atoms with Crippen LogP contribution in [-0.4, -0.2) is 71.4 Å². The highest BCUT2D eigenvalue weighted by atomic mass is 35.5. The summed E-state index contributed by atoms with van der Waals surface area (Å²) in [6.45, 7) is 5.31. The molecule has 10 heteroatoms. The Balaban J connectivity index is 1.56. The first-order chi connectivity index (χ1) is 15.5. The second-order valence-electron chi connectivity index (χ2n) is 7.66. The second-order valence-corrected chi connectivity index (χ2v) is 8.10. The number of nitrogen functional groups attached to an aromatic ring is 1. The van der Waals surface area contributed by atoms with Crippen LogP contribution in [0.15, 0.2) is 42.6 Å². The maximum absolute atomic E-state index is 14.4. The van der Waals surface area contributed by atoms with E-state index in [0.29, 0.717) is 40.4 Å². The summed E-state index contributed by atoms with van der Waals surface area (Å²) in [5.74, 6) is 0.253. The largest absolute Gasteiger partial charge is 0.474 e. The van der Waals surface area contributed by atoms with Gasteiger partial charge >= 0.3 is 0 Å². The molecule has 4 rings (SSSR count). The summed E-state index contributed by atoms with van der Waals surface area (Å²) in [6, 6.07) is 9.45. The molecule has 1 aliphatic heterocycles. The lowest BCUT2D eigenvalue weighted by molar-refractivity contribution is 0.132. The van der Waals surface area contributed by atoms with Crippen LogP contribution in [0.3, 0.4) is 0 Å². The highest BCUT2D eigenvalue weighted by molar-refractivity contribution is 6.30. The van der Waals surface area contributed by atoms with Crippen molar-refractivity contribution in [1.82, 2.24) is 25.0 Å². The number of nitrogens with one attached hydrogen (secondary N) is 1. The van der Waals surface area contributed by atoms with Crippen LogP contribution in [0.1, 0.15) is 0 Å². The molecule has 168 valence electrons. The maximum Gasteiger partial charge on any atom is 0.257 e. The van der Waals surface area contributed by atoms with E-state index in [4.69, 9.17) is 22.1 Å². The molecule has 3 heterocycles. The van der Waals surface area contributed by atoms with Crippen molar-refractivity contribution in [2.45, 2.75) is 0 Å². The van der Waals surface area contributed by atoms with Crippen LogP contribution in [0.25, 0.3) is 11.3 Å². The van der Waals surface area contributed by atoms with Crippen LogP contribution >= 0.6 is 11.6 Å². The fraction of sp³-hybridized carbons (Fsp3) is 0.318. The highest BCUT2D eigenvalue weighted by Crippen LogP contribution is 2.31. The van der Waals surface area contributed by atoms with Gasteiger partial charge < -0.3 is 20.7 Å². The highest BCUT2D eigenvalue weighted by Gasteiger charge is 2.16. The Hall–Kier alpha value is -3.01. The molecule has 0 amide bonds. The molecule has 2 aromatic heterocycles. The zero-order valence-corrected chi connectivity index (χ0v) is 18.5. The van der Waals surface area contributed by atoms with Gasteiger partial charge in [0.05, 0.1) is 5.69 Å². The summed E-state index contributed by atoms with van der Waals surface area (Å²) in [7, 11) is 2.12. The molecule has 1 aliphatic rings. The normalized spacial score (nSPS) is 15.0. The second kappa shape index (κ2) is 10.1. The molecule has 1 saturated heterocycles. The fourth-order valence-corrected chi connectivity index (χ4v) is 3.60. The first kappa shape index (κ1) is 22.2. The third kappa shape index (κ3) is 5.61. The summed E-state index contributed by atoms with van der Waals surface area (Å²) in [5, 5.41) is 12.0. The number of nitrogens with two attached hydrogens (primary N) is 1. The molecule has 32 heavy (non-hydrogen) atoms. The van der Waals surface area contributed by atoms with E-state index in [1.807, 2.05) is 0 Å². The van der Waals surface area contributed by atoms with Gasteiger partial charge in [0.2, 0.25) is 0 Å². The topological polar surface area (TPSA) is 92.4 Å². The Morgan fingerprint density at radius 3 is 2.72 bits per heavy atom. The number of likely N-dealkylation sites (N-methyl/N-ethyl adjacent to an activating group) is 1. The van der Waals surface area contributed by atoms with Crippen LogP contribution in [-0.2, 0) is 0 Å². The lowest BCUT2D eigenvalue weighted by Gasteiger charge is -2.32. The summed E-state index contributed by atoms with van der Waals surface area (Å²) in [6.07, 6.45) is 1.59. The summed E-state index contributed by atoms with van der Waals surface area (Å²) < 4.78 is 20.3. The molecule has 0 unspecified atom stereocenters. The molecule has 0 saturated carbocycles. The molecule has 3 N–H and O–H groups in total. The molecule has 1 fully saturated rings. The quantitative estimate of drug-likeness (QED) is 0.558. The minimum absolute atomic E-state index is 0.256. The van der Waals surface area contributed by atoms with Crippen molar-refractivity contribution in [3.8, 4) is 17.1 Å². The van der Waals surface area contributed by atoms with Gasteiger partial charge in [0.1, 0.15) is 23.9 Å². The summed E-state index contributed by atoms with van der Waals surface area (Å²) >= 11 is 6.05. The number of nitrogens with zero attached hydrogens (tertiary/aromatic N) is 5. The first-order valence-corrected chi connectivity index (χ1v) is 10.7. The van der Waals surface area contributed by atoms with Gasteiger partial charge in [0.15, 0.2) is 0 Å². The minimum Gasteiger partial charge on any atom is -0.474 e. The molecular weight excluding hydrogens is 433 g/mol. The Morgan fingerprint density at radius 1 is 1.12 bits per heavy atom. The Kier molecular flexibility index (Phi) is 6.99. The van der Waals surface area contributed by atoms with Gasteiger partial charge in [0.25, 0.3) is 5.88 Å². The fourth-order valence-electron chi connectivity index (χ4n) is 3.43. The standard InChI is InChI=1S/C22H25ClFN7O/c1-30-6-8-31(9-7-30)10-11-32-22-20(27-16-4-5-26-21(25)13-16)14-19(28-29-22)17-12-15(23)2-3-18(17)24/h2-5,12-14H,6-11H2,1H3,(H3,25,26,27,28). The number of hydrogen-bond donors (Lipinski definition) is 2. The number of piperazine rings is 1. The average molecular weight is 458 g/mol. The Bertz CT molecular complexity index is 1080. The average Bonchev–Trinajstić information content (AvgIpc) is 2.78. The number of hydrogen-bond acceptors (Lipinski definition) is 8. The predicted octanol–water partition coefficient (Wildman–Crippen LogP) is 3.28. The van der Waals surface area contributed by atoms with Crippen LogP contribution in [0.4, 0.5) is 21.6 Å². The van der Waals surface area contributed by atoms with Crippen molar-refractivity contribution in [2.24, 2.45) is 0 Å². The van der Waals surface area contributed by atoms with Crippen molar-refractivity contribution in [3.63, 3.8) is 0 Å².